The van der Waals surface area contributed by atoms with Crippen LogP contribution < -0.4 is 15.8 Å². The number of hydrogen-bond donors (Lipinski definition) is 3. The Labute approximate surface area is 171 Å². The average Bonchev–Trinajstić information content (AvgIpc) is 2.62. The third-order valence-corrected chi connectivity index (χ3v) is 4.41. The summed E-state index contributed by atoms with van der Waals surface area (Å²) in [5, 5.41) is 13.5. The first kappa shape index (κ1) is 20.5. The molecule has 0 saturated heterocycles. The summed E-state index contributed by atoms with van der Waals surface area (Å²) >= 11 is 0. The lowest BCUT2D eigenvalue weighted by Crippen LogP contribution is -2.36. The molecule has 4 N–H and O–H groups in total. The van der Waals surface area contributed by atoms with Crippen LogP contribution in [0, 0.1) is 0 Å². The topological polar surface area (TPSA) is 79.9 Å². The number of rotatable bonds is 5. The fourth-order valence-electron chi connectivity index (χ4n) is 3.05. The van der Waals surface area contributed by atoms with Crippen molar-refractivity contribution in [2.45, 2.75) is 37.7 Å². The molecule has 1 saturated carbocycles. The number of nitrogens with one attached hydrogen (secondary N) is 1. The minimum absolute atomic E-state index is 0. The van der Waals surface area contributed by atoms with E-state index in [0.29, 0.717) is 12.5 Å². The second kappa shape index (κ2) is 9.78. The number of hydrogen-bond acceptors (Lipinski definition) is 3. The Morgan fingerprint density at radius 1 is 1.04 bits per heavy atom. The first-order chi connectivity index (χ1) is 12.1. The molecule has 1 aliphatic rings. The van der Waals surface area contributed by atoms with Crippen LogP contribution in [-0.4, -0.2) is 23.2 Å². The molecular formula is C20H26IN3O2. The normalized spacial score (nSPS) is 16.4. The molecule has 26 heavy (non-hydrogen) atoms. The summed E-state index contributed by atoms with van der Waals surface area (Å²) in [4.78, 5) is 4.32. The molecule has 1 aliphatic carbocycles. The highest BCUT2D eigenvalue weighted by atomic mass is 127. The van der Waals surface area contributed by atoms with Gasteiger partial charge in [-0.15, -0.1) is 24.0 Å². The zero-order chi connectivity index (χ0) is 17.5. The SMILES string of the molecule is I.NC(=NCC1(O)CCCCC1)Nc1cccc(Oc2ccccc2)c1. The number of nitrogens with two attached hydrogens (primary N) is 1. The number of para-hydroxylation sites is 1. The lowest BCUT2D eigenvalue weighted by Gasteiger charge is -2.30. The van der Waals surface area contributed by atoms with Crippen molar-refractivity contribution in [3.8, 4) is 11.5 Å². The summed E-state index contributed by atoms with van der Waals surface area (Å²) in [5.41, 5.74) is 6.06. The van der Waals surface area contributed by atoms with E-state index in [2.05, 4.69) is 10.3 Å². The Bertz CT molecular complexity index is 716. The molecule has 0 aromatic heterocycles. The van der Waals surface area contributed by atoms with Gasteiger partial charge in [-0.05, 0) is 37.1 Å². The zero-order valence-corrected chi connectivity index (χ0v) is 17.1. The third kappa shape index (κ3) is 6.17. The van der Waals surface area contributed by atoms with Crippen LogP contribution in [0.5, 0.6) is 11.5 Å². The lowest BCUT2D eigenvalue weighted by molar-refractivity contribution is 0.0132. The van der Waals surface area contributed by atoms with Gasteiger partial charge in [-0.3, -0.25) is 4.99 Å². The van der Waals surface area contributed by atoms with Gasteiger partial charge < -0.3 is 20.9 Å². The molecule has 0 heterocycles. The van der Waals surface area contributed by atoms with Crippen LogP contribution in [0.3, 0.4) is 0 Å². The van der Waals surface area contributed by atoms with Crippen LogP contribution in [-0.2, 0) is 0 Å². The van der Waals surface area contributed by atoms with Crippen LogP contribution in [0.25, 0.3) is 0 Å². The van der Waals surface area contributed by atoms with Gasteiger partial charge in [-0.1, -0.05) is 43.5 Å². The third-order valence-electron chi connectivity index (χ3n) is 4.41. The van der Waals surface area contributed by atoms with Crippen LogP contribution >= 0.6 is 24.0 Å². The van der Waals surface area contributed by atoms with Crippen molar-refractivity contribution >= 4 is 35.6 Å². The number of aliphatic imine (C=N–C) groups is 1. The zero-order valence-electron chi connectivity index (χ0n) is 14.7. The minimum Gasteiger partial charge on any atom is -0.457 e. The summed E-state index contributed by atoms with van der Waals surface area (Å²) in [7, 11) is 0. The Hall–Kier alpha value is -1.80. The summed E-state index contributed by atoms with van der Waals surface area (Å²) < 4.78 is 5.81. The van der Waals surface area contributed by atoms with Crippen LogP contribution in [0.15, 0.2) is 59.6 Å². The van der Waals surface area contributed by atoms with Crippen molar-refractivity contribution in [2.75, 3.05) is 11.9 Å². The van der Waals surface area contributed by atoms with Gasteiger partial charge in [0.15, 0.2) is 5.96 Å². The van der Waals surface area contributed by atoms with Gasteiger partial charge in [0.25, 0.3) is 0 Å². The summed E-state index contributed by atoms with van der Waals surface area (Å²) in [6.07, 6.45) is 4.89. The molecule has 2 aromatic rings. The highest BCUT2D eigenvalue weighted by molar-refractivity contribution is 14.0. The van der Waals surface area contributed by atoms with Gasteiger partial charge in [-0.2, -0.15) is 0 Å². The molecule has 0 bridgehead atoms. The highest BCUT2D eigenvalue weighted by Crippen LogP contribution is 2.28. The monoisotopic (exact) mass is 467 g/mol. The quantitative estimate of drug-likeness (QED) is 0.343. The minimum atomic E-state index is -0.706. The molecule has 5 nitrogen and oxygen atoms in total. The van der Waals surface area contributed by atoms with E-state index in [-0.39, 0.29) is 24.0 Å². The molecule has 0 spiro atoms. The van der Waals surface area contributed by atoms with Gasteiger partial charge >= 0.3 is 0 Å². The van der Waals surface area contributed by atoms with E-state index < -0.39 is 5.60 Å². The largest absolute Gasteiger partial charge is 0.457 e. The average molecular weight is 467 g/mol. The fraction of sp³-hybridized carbons (Fsp3) is 0.350. The summed E-state index contributed by atoms with van der Waals surface area (Å²) in [6, 6.07) is 17.2. The number of nitrogens with zero attached hydrogens (tertiary/aromatic N) is 1. The van der Waals surface area contributed by atoms with E-state index in [1.165, 1.54) is 6.42 Å². The highest BCUT2D eigenvalue weighted by Gasteiger charge is 2.28. The number of aliphatic hydroxyl groups is 1. The molecule has 140 valence electrons. The van der Waals surface area contributed by atoms with E-state index in [9.17, 15) is 5.11 Å². The van der Waals surface area contributed by atoms with Crippen molar-refractivity contribution in [1.82, 2.24) is 0 Å². The van der Waals surface area contributed by atoms with Crippen molar-refractivity contribution in [3.05, 3.63) is 54.6 Å². The molecule has 0 amide bonds. The number of ether oxygens (including phenoxy) is 1. The van der Waals surface area contributed by atoms with E-state index in [4.69, 9.17) is 10.5 Å². The molecule has 0 atom stereocenters. The first-order valence-electron chi connectivity index (χ1n) is 8.75. The Kier molecular flexibility index (Phi) is 7.71. The second-order valence-corrected chi connectivity index (χ2v) is 6.55. The molecule has 6 heteroatoms. The molecule has 0 aliphatic heterocycles. The van der Waals surface area contributed by atoms with E-state index in [0.717, 1.165) is 42.9 Å². The van der Waals surface area contributed by atoms with Gasteiger partial charge in [0.1, 0.15) is 11.5 Å². The molecule has 0 unspecified atom stereocenters. The van der Waals surface area contributed by atoms with Crippen molar-refractivity contribution in [1.29, 1.82) is 0 Å². The van der Waals surface area contributed by atoms with Crippen molar-refractivity contribution < 1.29 is 9.84 Å². The summed E-state index contributed by atoms with van der Waals surface area (Å²) in [5.74, 6) is 1.80. The van der Waals surface area contributed by atoms with Gasteiger partial charge in [0.2, 0.25) is 0 Å². The van der Waals surface area contributed by atoms with Crippen LogP contribution in [0.2, 0.25) is 0 Å². The van der Waals surface area contributed by atoms with E-state index in [1.807, 2.05) is 54.6 Å². The Morgan fingerprint density at radius 3 is 2.46 bits per heavy atom. The standard InChI is InChI=1S/C20H25N3O2.HI/c21-19(22-15-20(24)12-5-2-6-13-20)23-16-8-7-11-18(14-16)25-17-9-3-1-4-10-17;/h1,3-4,7-11,14,24H,2,5-6,12-13,15H2,(H3,21,22,23);1H. The molecule has 2 aromatic carbocycles. The maximum Gasteiger partial charge on any atom is 0.193 e. The first-order valence-corrected chi connectivity index (χ1v) is 8.75. The van der Waals surface area contributed by atoms with Gasteiger partial charge in [-0.25, -0.2) is 0 Å². The number of benzene rings is 2. The smallest absolute Gasteiger partial charge is 0.193 e. The predicted octanol–water partition coefficient (Wildman–Crippen LogP) is 4.52. The van der Waals surface area contributed by atoms with Gasteiger partial charge in [0.05, 0.1) is 12.1 Å². The van der Waals surface area contributed by atoms with Crippen molar-refractivity contribution in [3.63, 3.8) is 0 Å². The van der Waals surface area contributed by atoms with Crippen LogP contribution in [0.4, 0.5) is 5.69 Å². The lowest BCUT2D eigenvalue weighted by atomic mass is 9.85. The number of anilines is 1. The Morgan fingerprint density at radius 2 is 1.73 bits per heavy atom. The fourth-order valence-corrected chi connectivity index (χ4v) is 3.05. The number of halogens is 1. The van der Waals surface area contributed by atoms with Crippen molar-refractivity contribution in [2.24, 2.45) is 10.7 Å². The van der Waals surface area contributed by atoms with Gasteiger partial charge in [0, 0.05) is 11.8 Å². The van der Waals surface area contributed by atoms with E-state index in [1.54, 1.807) is 0 Å². The maximum atomic E-state index is 10.5. The predicted molar refractivity (Wildman–Crippen MR) is 117 cm³/mol. The number of guanidine groups is 1. The maximum absolute atomic E-state index is 10.5. The van der Waals surface area contributed by atoms with E-state index >= 15 is 0 Å². The molecule has 1 fully saturated rings. The Balaban J connectivity index is 0.00000243. The summed E-state index contributed by atoms with van der Waals surface area (Å²) in [6.45, 7) is 0.339. The second-order valence-electron chi connectivity index (χ2n) is 6.55. The van der Waals surface area contributed by atoms with Crippen LogP contribution in [0.1, 0.15) is 32.1 Å². The molecule has 3 rings (SSSR count). The molecule has 0 radical (unpaired) electrons. The molecular weight excluding hydrogens is 441 g/mol.